The van der Waals surface area contributed by atoms with Gasteiger partial charge in [-0.2, -0.15) is 13.2 Å². The van der Waals surface area contributed by atoms with Crippen LogP contribution in [0.3, 0.4) is 0 Å². The predicted octanol–water partition coefficient (Wildman–Crippen LogP) is 5.04. The summed E-state index contributed by atoms with van der Waals surface area (Å²) in [5.41, 5.74) is 0.479. The summed E-state index contributed by atoms with van der Waals surface area (Å²) in [5, 5.41) is 7.39. The first-order valence-electron chi connectivity index (χ1n) is 8.30. The van der Waals surface area contributed by atoms with E-state index in [1.165, 1.54) is 0 Å². The van der Waals surface area contributed by atoms with Crippen molar-refractivity contribution in [1.29, 1.82) is 0 Å². The highest BCUT2D eigenvalue weighted by atomic mass is 19.4. The van der Waals surface area contributed by atoms with Crippen LogP contribution in [0.25, 0.3) is 22.5 Å². The molecule has 28 heavy (non-hydrogen) atoms. The third kappa shape index (κ3) is 3.62. The first kappa shape index (κ1) is 17.8. The summed E-state index contributed by atoms with van der Waals surface area (Å²) >= 11 is 0. The van der Waals surface area contributed by atoms with Crippen molar-refractivity contribution in [2.24, 2.45) is 0 Å². The minimum atomic E-state index is -4.44. The van der Waals surface area contributed by atoms with E-state index in [-0.39, 0.29) is 12.1 Å². The van der Waals surface area contributed by atoms with E-state index in [4.69, 9.17) is 8.94 Å². The van der Waals surface area contributed by atoms with Gasteiger partial charge in [-0.1, -0.05) is 23.4 Å². The van der Waals surface area contributed by atoms with Gasteiger partial charge in [0.15, 0.2) is 5.76 Å². The first-order chi connectivity index (χ1) is 13.4. The molecule has 0 saturated carbocycles. The molecule has 142 valence electrons. The fraction of sp³-hybridized carbons (Fsp3) is 0.100. The second-order valence-corrected chi connectivity index (χ2v) is 6.09. The highest BCUT2D eigenvalue weighted by Gasteiger charge is 2.30. The van der Waals surface area contributed by atoms with E-state index in [1.807, 2.05) is 30.3 Å². The maximum absolute atomic E-state index is 12.6. The molecule has 1 N–H and O–H groups in total. The maximum atomic E-state index is 12.6. The molecule has 0 aliphatic carbocycles. The van der Waals surface area contributed by atoms with Crippen LogP contribution in [0, 0.1) is 0 Å². The molecular weight excluding hydrogens is 373 g/mol. The average molecular weight is 386 g/mol. The van der Waals surface area contributed by atoms with Crippen LogP contribution < -0.4 is 5.32 Å². The number of nitrogens with one attached hydrogen (secondary N) is 1. The molecule has 8 heteroatoms. The zero-order valence-electron chi connectivity index (χ0n) is 14.3. The van der Waals surface area contributed by atoms with Crippen molar-refractivity contribution in [3.8, 4) is 11.5 Å². The van der Waals surface area contributed by atoms with E-state index in [0.717, 1.165) is 29.7 Å². The fourth-order valence-electron chi connectivity index (χ4n) is 2.70. The molecule has 0 radical (unpaired) electrons. The number of benzene rings is 2. The standard InChI is InChI=1S/C20H13F3N2O3/c21-20(22,23)14-7-5-12(6-8-14)19(26)24-11-15-10-18(28-25-15)17-9-13-3-1-2-4-16(13)27-17/h1-10H,11H2,(H,24,26). The molecule has 0 atom stereocenters. The van der Waals surface area contributed by atoms with Gasteiger partial charge in [-0.05, 0) is 36.4 Å². The number of para-hydroxylation sites is 1. The average Bonchev–Trinajstić information content (AvgIpc) is 3.32. The SMILES string of the molecule is O=C(NCc1cc(-c2cc3ccccc3o2)on1)c1ccc(C(F)(F)F)cc1. The van der Waals surface area contributed by atoms with Gasteiger partial charge in [0.2, 0.25) is 5.76 Å². The number of furan rings is 1. The van der Waals surface area contributed by atoms with Crippen LogP contribution in [-0.2, 0) is 12.7 Å². The van der Waals surface area contributed by atoms with Crippen molar-refractivity contribution >= 4 is 16.9 Å². The Bertz CT molecular complexity index is 1090. The van der Waals surface area contributed by atoms with Crippen LogP contribution in [0.1, 0.15) is 21.6 Å². The van der Waals surface area contributed by atoms with Crippen LogP contribution in [-0.4, -0.2) is 11.1 Å². The van der Waals surface area contributed by atoms with Gasteiger partial charge < -0.3 is 14.3 Å². The summed E-state index contributed by atoms with van der Waals surface area (Å²) < 4.78 is 48.7. The molecule has 0 aliphatic heterocycles. The highest BCUT2D eigenvalue weighted by Crippen LogP contribution is 2.29. The predicted molar refractivity (Wildman–Crippen MR) is 94.3 cm³/mol. The van der Waals surface area contributed by atoms with Crippen LogP contribution in [0.4, 0.5) is 13.2 Å². The van der Waals surface area contributed by atoms with Gasteiger partial charge in [0.05, 0.1) is 12.1 Å². The largest absolute Gasteiger partial charge is 0.453 e. The molecule has 2 aromatic carbocycles. The summed E-state index contributed by atoms with van der Waals surface area (Å²) in [5.74, 6) is 0.408. The maximum Gasteiger partial charge on any atom is 0.416 e. The molecule has 4 rings (SSSR count). The zero-order valence-corrected chi connectivity index (χ0v) is 14.3. The lowest BCUT2D eigenvalue weighted by Crippen LogP contribution is -2.23. The van der Waals surface area contributed by atoms with Gasteiger partial charge in [-0.15, -0.1) is 0 Å². The van der Waals surface area contributed by atoms with Crippen molar-refractivity contribution in [2.75, 3.05) is 0 Å². The molecule has 0 saturated heterocycles. The Hall–Kier alpha value is -3.55. The number of aromatic nitrogens is 1. The molecule has 4 aromatic rings. The van der Waals surface area contributed by atoms with Crippen LogP contribution in [0.5, 0.6) is 0 Å². The van der Waals surface area contributed by atoms with Crippen LogP contribution in [0.2, 0.25) is 0 Å². The number of hydrogen-bond donors (Lipinski definition) is 1. The number of fused-ring (bicyclic) bond motifs is 1. The number of amides is 1. The second kappa shape index (κ2) is 6.88. The molecule has 0 fully saturated rings. The number of carbonyl (C=O) groups is 1. The van der Waals surface area contributed by atoms with Crippen molar-refractivity contribution in [2.45, 2.75) is 12.7 Å². The topological polar surface area (TPSA) is 68.3 Å². The van der Waals surface area contributed by atoms with Gasteiger partial charge in [0.1, 0.15) is 11.3 Å². The van der Waals surface area contributed by atoms with E-state index >= 15 is 0 Å². The number of alkyl halides is 3. The number of rotatable bonds is 4. The molecule has 0 bridgehead atoms. The third-order valence-corrected chi connectivity index (χ3v) is 4.13. The molecule has 0 aliphatic rings. The summed E-state index contributed by atoms with van der Waals surface area (Å²) in [4.78, 5) is 12.1. The minimum absolute atomic E-state index is 0.0591. The molecule has 2 heterocycles. The Morgan fingerprint density at radius 3 is 2.46 bits per heavy atom. The molecule has 1 amide bonds. The lowest BCUT2D eigenvalue weighted by atomic mass is 10.1. The van der Waals surface area contributed by atoms with Crippen LogP contribution >= 0.6 is 0 Å². The van der Waals surface area contributed by atoms with Crippen LogP contribution in [0.15, 0.2) is 69.6 Å². The second-order valence-electron chi connectivity index (χ2n) is 6.09. The lowest BCUT2D eigenvalue weighted by Gasteiger charge is -2.07. The highest BCUT2D eigenvalue weighted by molar-refractivity contribution is 5.94. The van der Waals surface area contributed by atoms with E-state index in [0.29, 0.717) is 22.8 Å². The van der Waals surface area contributed by atoms with Gasteiger partial charge in [-0.25, -0.2) is 0 Å². The van der Waals surface area contributed by atoms with Gasteiger partial charge >= 0.3 is 6.18 Å². The van der Waals surface area contributed by atoms with Crippen molar-refractivity contribution < 1.29 is 26.9 Å². The van der Waals surface area contributed by atoms with E-state index in [2.05, 4.69) is 10.5 Å². The quantitative estimate of drug-likeness (QED) is 0.534. The summed E-state index contributed by atoms with van der Waals surface area (Å²) in [6, 6.07) is 14.9. The lowest BCUT2D eigenvalue weighted by molar-refractivity contribution is -0.137. The van der Waals surface area contributed by atoms with Gasteiger partial charge in [0.25, 0.3) is 5.91 Å². The Morgan fingerprint density at radius 2 is 1.75 bits per heavy atom. The monoisotopic (exact) mass is 386 g/mol. The summed E-state index contributed by atoms with van der Waals surface area (Å²) in [6.07, 6.45) is -4.44. The minimum Gasteiger partial charge on any atom is -0.453 e. The van der Waals surface area contributed by atoms with Crippen molar-refractivity contribution in [1.82, 2.24) is 10.5 Å². The molecule has 0 spiro atoms. The number of halogens is 3. The Labute approximate surface area is 156 Å². The normalized spacial score (nSPS) is 11.7. The number of nitrogens with zero attached hydrogens (tertiary/aromatic N) is 1. The van der Waals surface area contributed by atoms with Crippen molar-refractivity contribution in [3.63, 3.8) is 0 Å². The fourth-order valence-corrected chi connectivity index (χ4v) is 2.70. The first-order valence-corrected chi connectivity index (χ1v) is 8.30. The molecule has 0 unspecified atom stereocenters. The molecular formula is C20H13F3N2O3. The molecule has 2 aromatic heterocycles. The zero-order chi connectivity index (χ0) is 19.7. The summed E-state index contributed by atoms with van der Waals surface area (Å²) in [7, 11) is 0. The van der Waals surface area contributed by atoms with E-state index in [1.54, 1.807) is 6.07 Å². The smallest absolute Gasteiger partial charge is 0.416 e. The Morgan fingerprint density at radius 1 is 1.00 bits per heavy atom. The Balaban J connectivity index is 1.42. The van der Waals surface area contributed by atoms with Gasteiger partial charge in [-0.3, -0.25) is 4.79 Å². The van der Waals surface area contributed by atoms with E-state index in [9.17, 15) is 18.0 Å². The molecule has 5 nitrogen and oxygen atoms in total. The van der Waals surface area contributed by atoms with Gasteiger partial charge in [0, 0.05) is 17.0 Å². The van der Waals surface area contributed by atoms with Crippen molar-refractivity contribution in [3.05, 3.63) is 77.5 Å². The Kier molecular flexibility index (Phi) is 4.38. The van der Waals surface area contributed by atoms with E-state index < -0.39 is 17.6 Å². The number of hydrogen-bond acceptors (Lipinski definition) is 4. The third-order valence-electron chi connectivity index (χ3n) is 4.13. The summed E-state index contributed by atoms with van der Waals surface area (Å²) in [6.45, 7) is 0.0591. The number of carbonyl (C=O) groups excluding carboxylic acids is 1.